The van der Waals surface area contributed by atoms with Crippen molar-refractivity contribution in [1.82, 2.24) is 5.48 Å². The number of nitrogens with one attached hydrogen (secondary N) is 1. The highest BCUT2D eigenvalue weighted by Crippen LogP contribution is 2.23. The molecule has 0 fully saturated rings. The number of hydrogen-bond acceptors (Lipinski definition) is 4. The van der Waals surface area contributed by atoms with Gasteiger partial charge in [0.25, 0.3) is 0 Å². The quantitative estimate of drug-likeness (QED) is 0.441. The predicted octanol–water partition coefficient (Wildman–Crippen LogP) is 3.67. The number of benzene rings is 2. The van der Waals surface area contributed by atoms with Crippen LogP contribution in [0.25, 0.3) is 11.1 Å². The van der Waals surface area contributed by atoms with Crippen LogP contribution in [-0.2, 0) is 4.79 Å². The number of unbranched alkanes of at least 4 members (excludes halogenated alkanes) is 2. The van der Waals surface area contributed by atoms with Gasteiger partial charge in [-0.05, 0) is 54.7 Å². The van der Waals surface area contributed by atoms with Crippen molar-refractivity contribution in [3.8, 4) is 22.9 Å². The van der Waals surface area contributed by atoms with Crippen LogP contribution in [-0.4, -0.2) is 17.7 Å². The largest absolute Gasteiger partial charge is 0.494 e. The molecule has 124 valence electrons. The Morgan fingerprint density at radius 2 is 1.62 bits per heavy atom. The van der Waals surface area contributed by atoms with Gasteiger partial charge in [-0.2, -0.15) is 5.26 Å². The molecule has 0 heterocycles. The lowest BCUT2D eigenvalue weighted by Crippen LogP contribution is -2.17. The van der Waals surface area contributed by atoms with Gasteiger partial charge >= 0.3 is 0 Å². The first-order valence-electron chi connectivity index (χ1n) is 7.89. The van der Waals surface area contributed by atoms with E-state index in [9.17, 15) is 4.79 Å². The highest BCUT2D eigenvalue weighted by Gasteiger charge is 2.01. The molecule has 0 aliphatic rings. The summed E-state index contributed by atoms with van der Waals surface area (Å²) in [5.41, 5.74) is 4.40. The molecule has 0 aliphatic carbocycles. The normalized spacial score (nSPS) is 10.0. The summed E-state index contributed by atoms with van der Waals surface area (Å²) in [6.45, 7) is 0.594. The van der Waals surface area contributed by atoms with Crippen molar-refractivity contribution in [2.24, 2.45) is 0 Å². The summed E-state index contributed by atoms with van der Waals surface area (Å²) >= 11 is 0. The maximum Gasteiger partial charge on any atom is 0.243 e. The van der Waals surface area contributed by atoms with E-state index in [2.05, 4.69) is 6.07 Å². The van der Waals surface area contributed by atoms with Crippen LogP contribution >= 0.6 is 0 Å². The van der Waals surface area contributed by atoms with Crippen molar-refractivity contribution in [2.75, 3.05) is 6.61 Å². The molecule has 2 N–H and O–H groups in total. The second kappa shape index (κ2) is 9.33. The topological polar surface area (TPSA) is 82.3 Å². The van der Waals surface area contributed by atoms with E-state index in [0.29, 0.717) is 18.6 Å². The van der Waals surface area contributed by atoms with E-state index in [1.54, 1.807) is 17.6 Å². The summed E-state index contributed by atoms with van der Waals surface area (Å²) in [5, 5.41) is 17.2. The molecule has 0 aromatic heterocycles. The molecular formula is C19H20N2O3. The van der Waals surface area contributed by atoms with Crippen molar-refractivity contribution >= 4 is 5.91 Å². The molecule has 0 bridgehead atoms. The average molecular weight is 324 g/mol. The number of ether oxygens (including phenoxy) is 1. The first-order valence-corrected chi connectivity index (χ1v) is 7.89. The van der Waals surface area contributed by atoms with Gasteiger partial charge in [0, 0.05) is 6.42 Å². The highest BCUT2D eigenvalue weighted by atomic mass is 16.5. The Morgan fingerprint density at radius 3 is 2.21 bits per heavy atom. The van der Waals surface area contributed by atoms with E-state index in [1.165, 1.54) is 0 Å². The predicted molar refractivity (Wildman–Crippen MR) is 90.5 cm³/mol. The Labute approximate surface area is 141 Å². The van der Waals surface area contributed by atoms with Gasteiger partial charge in [-0.1, -0.05) is 24.3 Å². The molecule has 1 amide bonds. The van der Waals surface area contributed by atoms with Crippen LogP contribution in [0.15, 0.2) is 48.5 Å². The van der Waals surface area contributed by atoms with Crippen LogP contribution in [0.1, 0.15) is 31.2 Å². The fourth-order valence-electron chi connectivity index (χ4n) is 2.29. The summed E-state index contributed by atoms with van der Waals surface area (Å²) in [7, 11) is 0. The number of hydroxylamine groups is 1. The molecular weight excluding hydrogens is 304 g/mol. The molecule has 0 saturated carbocycles. The zero-order valence-corrected chi connectivity index (χ0v) is 13.4. The van der Waals surface area contributed by atoms with Gasteiger partial charge in [0.15, 0.2) is 0 Å². The minimum absolute atomic E-state index is 0.329. The van der Waals surface area contributed by atoms with E-state index in [1.807, 2.05) is 36.4 Å². The summed E-state index contributed by atoms with van der Waals surface area (Å²) < 4.78 is 5.67. The fourth-order valence-corrected chi connectivity index (χ4v) is 2.29. The number of rotatable bonds is 8. The van der Waals surface area contributed by atoms with Gasteiger partial charge in [-0.25, -0.2) is 5.48 Å². The van der Waals surface area contributed by atoms with Gasteiger partial charge in [-0.3, -0.25) is 10.0 Å². The third-order valence-corrected chi connectivity index (χ3v) is 3.64. The van der Waals surface area contributed by atoms with E-state index >= 15 is 0 Å². The first kappa shape index (κ1) is 17.5. The van der Waals surface area contributed by atoms with Gasteiger partial charge in [-0.15, -0.1) is 0 Å². The van der Waals surface area contributed by atoms with Crippen molar-refractivity contribution in [2.45, 2.75) is 25.7 Å². The summed E-state index contributed by atoms with van der Waals surface area (Å²) in [4.78, 5) is 10.8. The van der Waals surface area contributed by atoms with E-state index in [4.69, 9.17) is 15.2 Å². The van der Waals surface area contributed by atoms with Crippen LogP contribution in [0.4, 0.5) is 0 Å². The summed E-state index contributed by atoms with van der Waals surface area (Å²) in [6, 6.07) is 17.4. The third-order valence-electron chi connectivity index (χ3n) is 3.64. The standard InChI is InChI=1S/C19H20N2O3/c20-14-15-5-7-16(8-6-15)17-9-11-18(12-10-17)24-13-3-1-2-4-19(22)21-23/h5-12,23H,1-4,13H2,(H,21,22). The lowest BCUT2D eigenvalue weighted by Gasteiger charge is -2.07. The number of carbonyl (C=O) groups excluding carboxylic acids is 1. The molecule has 2 rings (SSSR count). The number of amides is 1. The Bertz CT molecular complexity index is 688. The Kier molecular flexibility index (Phi) is 6.81. The van der Waals surface area contributed by atoms with Crippen LogP contribution < -0.4 is 10.2 Å². The summed E-state index contributed by atoms with van der Waals surface area (Å²) in [6.07, 6.45) is 2.79. The number of nitrogens with zero attached hydrogens (tertiary/aromatic N) is 1. The van der Waals surface area contributed by atoms with Crippen molar-refractivity contribution < 1.29 is 14.7 Å². The van der Waals surface area contributed by atoms with Crippen LogP contribution in [0, 0.1) is 11.3 Å². The molecule has 5 nitrogen and oxygen atoms in total. The van der Waals surface area contributed by atoms with Crippen molar-refractivity contribution in [3.63, 3.8) is 0 Å². The minimum Gasteiger partial charge on any atom is -0.494 e. The number of hydrogen-bond donors (Lipinski definition) is 2. The Hall–Kier alpha value is -2.84. The van der Waals surface area contributed by atoms with E-state index < -0.39 is 0 Å². The lowest BCUT2D eigenvalue weighted by molar-refractivity contribution is -0.129. The second-order valence-corrected chi connectivity index (χ2v) is 5.41. The zero-order chi connectivity index (χ0) is 17.2. The maximum atomic E-state index is 10.8. The molecule has 0 aliphatic heterocycles. The number of carbonyl (C=O) groups is 1. The molecule has 2 aromatic rings. The second-order valence-electron chi connectivity index (χ2n) is 5.41. The smallest absolute Gasteiger partial charge is 0.243 e. The van der Waals surface area contributed by atoms with Crippen molar-refractivity contribution in [3.05, 3.63) is 54.1 Å². The lowest BCUT2D eigenvalue weighted by atomic mass is 10.0. The monoisotopic (exact) mass is 324 g/mol. The van der Waals surface area contributed by atoms with Gasteiger partial charge in [0.2, 0.25) is 5.91 Å². The van der Waals surface area contributed by atoms with E-state index in [0.717, 1.165) is 36.1 Å². The van der Waals surface area contributed by atoms with Crippen molar-refractivity contribution in [1.29, 1.82) is 5.26 Å². The summed E-state index contributed by atoms with van der Waals surface area (Å²) in [5.74, 6) is 0.454. The molecule has 0 radical (unpaired) electrons. The molecule has 5 heteroatoms. The zero-order valence-electron chi connectivity index (χ0n) is 13.4. The minimum atomic E-state index is -0.352. The van der Waals surface area contributed by atoms with Crippen LogP contribution in [0.2, 0.25) is 0 Å². The molecule has 0 saturated heterocycles. The SMILES string of the molecule is N#Cc1ccc(-c2ccc(OCCCCCC(=O)NO)cc2)cc1. The van der Waals surface area contributed by atoms with Crippen LogP contribution in [0.3, 0.4) is 0 Å². The molecule has 0 atom stereocenters. The highest BCUT2D eigenvalue weighted by molar-refractivity contribution is 5.74. The number of nitriles is 1. The molecule has 2 aromatic carbocycles. The fraction of sp³-hybridized carbons (Fsp3) is 0.263. The van der Waals surface area contributed by atoms with Crippen LogP contribution in [0.5, 0.6) is 5.75 Å². The Morgan fingerprint density at radius 1 is 1.00 bits per heavy atom. The molecule has 0 spiro atoms. The molecule has 24 heavy (non-hydrogen) atoms. The van der Waals surface area contributed by atoms with E-state index in [-0.39, 0.29) is 5.91 Å². The van der Waals surface area contributed by atoms with Gasteiger partial charge in [0.1, 0.15) is 5.75 Å². The van der Waals surface area contributed by atoms with Gasteiger partial charge < -0.3 is 4.74 Å². The average Bonchev–Trinajstić information content (AvgIpc) is 2.65. The van der Waals surface area contributed by atoms with Gasteiger partial charge in [0.05, 0.1) is 18.2 Å². The Balaban J connectivity index is 1.76. The third kappa shape index (κ3) is 5.41. The first-order chi connectivity index (χ1) is 11.7. The molecule has 0 unspecified atom stereocenters. The maximum absolute atomic E-state index is 10.8.